The molecule has 0 spiro atoms. The van der Waals surface area contributed by atoms with Gasteiger partial charge < -0.3 is 0 Å². The van der Waals surface area contributed by atoms with Crippen molar-refractivity contribution in [1.29, 1.82) is 0 Å². The summed E-state index contributed by atoms with van der Waals surface area (Å²) in [5.74, 6) is 0. The number of fused-ring (bicyclic) bond motifs is 1. The zero-order valence-corrected chi connectivity index (χ0v) is 8.40. The molecule has 0 atom stereocenters. The van der Waals surface area contributed by atoms with Crippen molar-refractivity contribution >= 4 is 5.65 Å². The van der Waals surface area contributed by atoms with Crippen LogP contribution in [0.15, 0.2) is 16.9 Å². The average molecular weight is 189 g/mol. The van der Waals surface area contributed by atoms with E-state index in [9.17, 15) is 4.79 Å². The van der Waals surface area contributed by atoms with Crippen LogP contribution in [0.3, 0.4) is 0 Å². The van der Waals surface area contributed by atoms with E-state index >= 15 is 0 Å². The lowest BCUT2D eigenvalue weighted by Gasteiger charge is -2.03. The molecule has 0 aliphatic rings. The normalized spacial score (nSPS) is 10.8. The van der Waals surface area contributed by atoms with Gasteiger partial charge in [0.2, 0.25) is 0 Å². The first-order valence-corrected chi connectivity index (χ1v) is 4.43. The summed E-state index contributed by atoms with van der Waals surface area (Å²) in [5, 5.41) is 4.12. The summed E-state index contributed by atoms with van der Waals surface area (Å²) in [6.07, 6.45) is 0. The van der Waals surface area contributed by atoms with Gasteiger partial charge in [-0.1, -0.05) is 0 Å². The molecule has 0 bridgehead atoms. The molecule has 2 rings (SSSR count). The number of hydrogen-bond acceptors (Lipinski definition) is 3. The summed E-state index contributed by atoms with van der Waals surface area (Å²) >= 11 is 0. The zero-order chi connectivity index (χ0) is 10.3. The van der Waals surface area contributed by atoms with Crippen LogP contribution in [0.25, 0.3) is 5.65 Å². The third kappa shape index (κ3) is 1.19. The molecule has 4 nitrogen and oxygen atoms in total. The van der Waals surface area contributed by atoms with Crippen LogP contribution in [-0.2, 0) is 0 Å². The Morgan fingerprint density at radius 3 is 2.64 bits per heavy atom. The summed E-state index contributed by atoms with van der Waals surface area (Å²) in [5.41, 5.74) is 2.74. The molecule has 0 N–H and O–H groups in total. The van der Waals surface area contributed by atoms with E-state index in [1.807, 2.05) is 19.9 Å². The van der Waals surface area contributed by atoms with Gasteiger partial charge in [-0.15, -0.1) is 0 Å². The fourth-order valence-electron chi connectivity index (χ4n) is 1.31. The van der Waals surface area contributed by atoms with Crippen molar-refractivity contribution in [3.8, 4) is 0 Å². The second-order valence-electron chi connectivity index (χ2n) is 3.37. The minimum absolute atomic E-state index is 0.0869. The van der Waals surface area contributed by atoms with Gasteiger partial charge in [0.05, 0.1) is 5.69 Å². The summed E-state index contributed by atoms with van der Waals surface area (Å²) in [6, 6.07) is 3.65. The van der Waals surface area contributed by atoms with Crippen LogP contribution in [0.2, 0.25) is 0 Å². The lowest BCUT2D eigenvalue weighted by molar-refractivity contribution is 0.823. The van der Waals surface area contributed by atoms with Gasteiger partial charge in [0, 0.05) is 11.3 Å². The molecule has 0 fully saturated rings. The molecule has 0 saturated carbocycles. The summed E-state index contributed by atoms with van der Waals surface area (Å²) < 4.78 is 1.34. The van der Waals surface area contributed by atoms with Gasteiger partial charge in [-0.3, -0.25) is 4.79 Å². The maximum absolute atomic E-state index is 11.8. The third-order valence-corrected chi connectivity index (χ3v) is 2.29. The molecule has 0 radical (unpaired) electrons. The van der Waals surface area contributed by atoms with Gasteiger partial charge in [0.15, 0.2) is 5.65 Å². The van der Waals surface area contributed by atoms with Crippen molar-refractivity contribution in [2.45, 2.75) is 20.8 Å². The molecule has 14 heavy (non-hydrogen) atoms. The molecule has 2 aromatic heterocycles. The van der Waals surface area contributed by atoms with Crippen LogP contribution >= 0.6 is 0 Å². The average Bonchev–Trinajstić information content (AvgIpc) is 2.16. The Morgan fingerprint density at radius 1 is 1.21 bits per heavy atom. The first-order valence-electron chi connectivity index (χ1n) is 4.43. The lowest BCUT2D eigenvalue weighted by Crippen LogP contribution is -2.21. The minimum atomic E-state index is -0.0869. The van der Waals surface area contributed by atoms with E-state index in [-0.39, 0.29) is 5.56 Å². The first kappa shape index (κ1) is 8.87. The molecule has 0 unspecified atom stereocenters. The van der Waals surface area contributed by atoms with E-state index in [4.69, 9.17) is 0 Å². The van der Waals surface area contributed by atoms with Gasteiger partial charge in [-0.05, 0) is 32.9 Å². The molecule has 0 aromatic carbocycles. The molecule has 2 aromatic rings. The Bertz CT molecular complexity index is 557. The SMILES string of the molecule is Cc1ccc2nc(C)c(C)c(=O)n2n1. The number of hydrogen-bond donors (Lipinski definition) is 0. The Kier molecular flexibility index (Phi) is 1.84. The van der Waals surface area contributed by atoms with Gasteiger partial charge in [0.25, 0.3) is 5.56 Å². The van der Waals surface area contributed by atoms with Crippen molar-refractivity contribution < 1.29 is 0 Å². The predicted octanol–water partition coefficient (Wildman–Crippen LogP) is 1.01. The monoisotopic (exact) mass is 189 g/mol. The van der Waals surface area contributed by atoms with Gasteiger partial charge >= 0.3 is 0 Å². The topological polar surface area (TPSA) is 47.3 Å². The van der Waals surface area contributed by atoms with E-state index in [0.717, 1.165) is 11.4 Å². The lowest BCUT2D eigenvalue weighted by atomic mass is 10.3. The maximum Gasteiger partial charge on any atom is 0.277 e. The van der Waals surface area contributed by atoms with Crippen LogP contribution in [0.5, 0.6) is 0 Å². The van der Waals surface area contributed by atoms with Crippen molar-refractivity contribution in [3.05, 3.63) is 39.4 Å². The highest BCUT2D eigenvalue weighted by Crippen LogP contribution is 2.01. The van der Waals surface area contributed by atoms with E-state index in [0.29, 0.717) is 11.2 Å². The van der Waals surface area contributed by atoms with Crippen LogP contribution in [-0.4, -0.2) is 14.6 Å². The van der Waals surface area contributed by atoms with E-state index < -0.39 is 0 Å². The fraction of sp³-hybridized carbons (Fsp3) is 0.300. The number of nitrogens with zero attached hydrogens (tertiary/aromatic N) is 3. The smallest absolute Gasteiger partial charge is 0.267 e. The Hall–Kier alpha value is -1.71. The van der Waals surface area contributed by atoms with Crippen LogP contribution in [0.1, 0.15) is 17.0 Å². The summed E-state index contributed by atoms with van der Waals surface area (Å²) in [6.45, 7) is 5.44. The van der Waals surface area contributed by atoms with E-state index in [1.165, 1.54) is 4.52 Å². The van der Waals surface area contributed by atoms with Crippen molar-refractivity contribution in [1.82, 2.24) is 14.6 Å². The molecule has 2 heterocycles. The summed E-state index contributed by atoms with van der Waals surface area (Å²) in [7, 11) is 0. The highest BCUT2D eigenvalue weighted by molar-refractivity contribution is 5.38. The second-order valence-corrected chi connectivity index (χ2v) is 3.37. The van der Waals surface area contributed by atoms with Gasteiger partial charge in [-0.2, -0.15) is 9.61 Å². The first-order chi connectivity index (χ1) is 6.59. The van der Waals surface area contributed by atoms with Crippen LogP contribution < -0.4 is 5.56 Å². The van der Waals surface area contributed by atoms with Crippen LogP contribution in [0, 0.1) is 20.8 Å². The molecule has 0 amide bonds. The second kappa shape index (κ2) is 2.90. The molecule has 4 heteroatoms. The Morgan fingerprint density at radius 2 is 1.93 bits per heavy atom. The van der Waals surface area contributed by atoms with Crippen molar-refractivity contribution in [2.24, 2.45) is 0 Å². The Labute approximate surface area is 81.2 Å². The fourth-order valence-corrected chi connectivity index (χ4v) is 1.31. The number of aryl methyl sites for hydroxylation is 2. The molecule has 72 valence electrons. The third-order valence-electron chi connectivity index (χ3n) is 2.29. The zero-order valence-electron chi connectivity index (χ0n) is 8.40. The minimum Gasteiger partial charge on any atom is -0.267 e. The van der Waals surface area contributed by atoms with Crippen LogP contribution in [0.4, 0.5) is 0 Å². The van der Waals surface area contributed by atoms with Crippen molar-refractivity contribution in [2.75, 3.05) is 0 Å². The number of aromatic nitrogens is 3. The molecule has 0 aliphatic carbocycles. The van der Waals surface area contributed by atoms with Crippen molar-refractivity contribution in [3.63, 3.8) is 0 Å². The highest BCUT2D eigenvalue weighted by atomic mass is 16.1. The molecule has 0 saturated heterocycles. The van der Waals surface area contributed by atoms with E-state index in [2.05, 4.69) is 10.1 Å². The standard InChI is InChI=1S/C10H11N3O/c1-6-4-5-9-11-8(3)7(2)10(14)13(9)12-6/h4-5H,1-3H3. The molecule has 0 aliphatic heterocycles. The molecular formula is C10H11N3O. The Balaban J connectivity index is 2.99. The quantitative estimate of drug-likeness (QED) is 0.621. The van der Waals surface area contributed by atoms with Gasteiger partial charge in [0.1, 0.15) is 0 Å². The van der Waals surface area contributed by atoms with Gasteiger partial charge in [-0.25, -0.2) is 4.98 Å². The summed E-state index contributed by atoms with van der Waals surface area (Å²) in [4.78, 5) is 16.0. The van der Waals surface area contributed by atoms with E-state index in [1.54, 1.807) is 13.0 Å². The predicted molar refractivity (Wildman–Crippen MR) is 53.5 cm³/mol. The maximum atomic E-state index is 11.8. The largest absolute Gasteiger partial charge is 0.277 e. The number of rotatable bonds is 0. The molecular weight excluding hydrogens is 178 g/mol. The highest BCUT2D eigenvalue weighted by Gasteiger charge is 2.05.